The summed E-state index contributed by atoms with van der Waals surface area (Å²) in [6.45, 7) is 2.02. The summed E-state index contributed by atoms with van der Waals surface area (Å²) in [6.07, 6.45) is 1.61. The lowest BCUT2D eigenvalue weighted by molar-refractivity contribution is 0.0955. The topological polar surface area (TPSA) is 123 Å². The number of sulfonamides is 1. The van der Waals surface area contributed by atoms with E-state index in [1.165, 1.54) is 0 Å². The second-order valence-corrected chi connectivity index (χ2v) is 9.80. The number of hydrogen-bond donors (Lipinski definition) is 3. The van der Waals surface area contributed by atoms with E-state index < -0.39 is 15.9 Å². The Labute approximate surface area is 210 Å². The third-order valence-electron chi connectivity index (χ3n) is 5.44. The minimum absolute atomic E-state index is 0.285. The summed E-state index contributed by atoms with van der Waals surface area (Å²) in [5.41, 5.74) is 2.68. The first-order chi connectivity index (χ1) is 17.1. The molecule has 190 valence electrons. The van der Waals surface area contributed by atoms with Gasteiger partial charge in [-0.3, -0.25) is 14.3 Å². The fourth-order valence-corrected chi connectivity index (χ4v) is 4.24. The number of hydrogen-bond acceptors (Lipinski definition) is 6. The summed E-state index contributed by atoms with van der Waals surface area (Å²) in [5, 5.41) is 5.64. The number of methoxy groups -OCH3 is 2. The van der Waals surface area contributed by atoms with Gasteiger partial charge in [-0.15, -0.1) is 0 Å². The van der Waals surface area contributed by atoms with Gasteiger partial charge >= 0.3 is 0 Å². The maximum atomic E-state index is 13.0. The van der Waals surface area contributed by atoms with Crippen LogP contribution in [0, 0.1) is 6.92 Å². The first kappa shape index (κ1) is 26.6. The van der Waals surface area contributed by atoms with Crippen molar-refractivity contribution in [1.29, 1.82) is 0 Å². The van der Waals surface area contributed by atoms with Gasteiger partial charge < -0.3 is 20.1 Å². The number of ether oxygens (including phenoxy) is 2. The molecule has 0 unspecified atom stereocenters. The van der Waals surface area contributed by atoms with Crippen molar-refractivity contribution in [1.82, 2.24) is 5.32 Å². The molecule has 0 saturated heterocycles. The molecular formula is C26H29N3O6S. The van der Waals surface area contributed by atoms with Crippen molar-refractivity contribution < 1.29 is 27.5 Å². The summed E-state index contributed by atoms with van der Waals surface area (Å²) in [5.74, 6) is 0.439. The van der Waals surface area contributed by atoms with Crippen LogP contribution in [0.2, 0.25) is 0 Å². The third-order valence-corrected chi connectivity index (χ3v) is 6.03. The number of rotatable bonds is 10. The number of carbonyl (C=O) groups excluding carboxylic acids is 2. The van der Waals surface area contributed by atoms with E-state index in [0.717, 1.165) is 11.8 Å². The zero-order chi connectivity index (χ0) is 26.3. The third kappa shape index (κ3) is 6.76. The molecule has 2 amide bonds. The number of carbonyl (C=O) groups is 2. The molecule has 0 saturated carbocycles. The first-order valence-corrected chi connectivity index (χ1v) is 13.0. The molecule has 3 rings (SSSR count). The van der Waals surface area contributed by atoms with Gasteiger partial charge in [0.2, 0.25) is 10.0 Å². The minimum atomic E-state index is -3.50. The predicted octanol–water partition coefficient (Wildman–Crippen LogP) is 3.61. The summed E-state index contributed by atoms with van der Waals surface area (Å²) in [6, 6.07) is 17.0. The van der Waals surface area contributed by atoms with Crippen molar-refractivity contribution in [2.75, 3.05) is 37.1 Å². The Morgan fingerprint density at radius 2 is 1.50 bits per heavy atom. The molecule has 0 aliphatic carbocycles. The molecule has 0 atom stereocenters. The second-order valence-electron chi connectivity index (χ2n) is 8.05. The molecule has 0 spiro atoms. The van der Waals surface area contributed by atoms with Gasteiger partial charge in [-0.1, -0.05) is 24.3 Å². The van der Waals surface area contributed by atoms with Gasteiger partial charge in [0.15, 0.2) is 11.5 Å². The predicted molar refractivity (Wildman–Crippen MR) is 140 cm³/mol. The zero-order valence-corrected chi connectivity index (χ0v) is 21.4. The van der Waals surface area contributed by atoms with Gasteiger partial charge in [-0.05, 0) is 60.9 Å². The molecule has 0 bridgehead atoms. The Hall–Kier alpha value is -4.05. The Balaban J connectivity index is 1.70. The van der Waals surface area contributed by atoms with Crippen LogP contribution in [-0.4, -0.2) is 47.3 Å². The van der Waals surface area contributed by atoms with Gasteiger partial charge in [0.05, 0.1) is 37.4 Å². The Bertz CT molecular complexity index is 1370. The lowest BCUT2D eigenvalue weighted by Crippen LogP contribution is -2.27. The highest BCUT2D eigenvalue weighted by Crippen LogP contribution is 2.27. The van der Waals surface area contributed by atoms with Gasteiger partial charge in [0.1, 0.15) is 0 Å². The molecule has 0 aromatic heterocycles. The van der Waals surface area contributed by atoms with Crippen molar-refractivity contribution >= 4 is 33.2 Å². The van der Waals surface area contributed by atoms with Crippen LogP contribution in [0.3, 0.4) is 0 Å². The molecular weight excluding hydrogens is 482 g/mol. The maximum absolute atomic E-state index is 13.0. The zero-order valence-electron chi connectivity index (χ0n) is 20.5. The number of nitrogens with one attached hydrogen (secondary N) is 3. The number of amides is 2. The second kappa shape index (κ2) is 11.6. The Kier molecular flexibility index (Phi) is 8.55. The lowest BCUT2D eigenvalue weighted by Gasteiger charge is -2.14. The first-order valence-electron chi connectivity index (χ1n) is 11.1. The van der Waals surface area contributed by atoms with E-state index in [0.29, 0.717) is 47.0 Å². The van der Waals surface area contributed by atoms with Crippen LogP contribution in [0.25, 0.3) is 0 Å². The number of para-hydroxylation sites is 1. The fourth-order valence-electron chi connectivity index (χ4n) is 3.62. The van der Waals surface area contributed by atoms with Crippen LogP contribution in [0.5, 0.6) is 11.5 Å². The van der Waals surface area contributed by atoms with Crippen LogP contribution < -0.4 is 24.8 Å². The van der Waals surface area contributed by atoms with E-state index in [2.05, 4.69) is 15.4 Å². The quantitative estimate of drug-likeness (QED) is 0.382. The summed E-state index contributed by atoms with van der Waals surface area (Å²) in [4.78, 5) is 25.9. The molecule has 3 aromatic rings. The van der Waals surface area contributed by atoms with Gasteiger partial charge in [-0.25, -0.2) is 8.42 Å². The molecule has 0 heterocycles. The number of anilines is 2. The van der Waals surface area contributed by atoms with E-state index in [-0.39, 0.29) is 11.5 Å². The average molecular weight is 512 g/mol. The van der Waals surface area contributed by atoms with Gasteiger partial charge in [0, 0.05) is 12.1 Å². The van der Waals surface area contributed by atoms with E-state index in [1.54, 1.807) is 63.6 Å². The SMILES string of the molecule is COc1ccc(CCNC(=O)c2ccccc2NC(=O)c2cccc(NS(C)(=O)=O)c2C)cc1OC. The monoisotopic (exact) mass is 511 g/mol. The van der Waals surface area contributed by atoms with Crippen LogP contribution in [0.4, 0.5) is 11.4 Å². The van der Waals surface area contributed by atoms with Crippen LogP contribution in [-0.2, 0) is 16.4 Å². The van der Waals surface area contributed by atoms with Crippen molar-refractivity contribution in [3.8, 4) is 11.5 Å². The highest BCUT2D eigenvalue weighted by molar-refractivity contribution is 7.92. The molecule has 0 aliphatic rings. The number of benzene rings is 3. The summed E-state index contributed by atoms with van der Waals surface area (Å²) < 4.78 is 36.2. The van der Waals surface area contributed by atoms with Gasteiger partial charge in [0.25, 0.3) is 11.8 Å². The van der Waals surface area contributed by atoms with E-state index in [4.69, 9.17) is 9.47 Å². The highest BCUT2D eigenvalue weighted by atomic mass is 32.2. The van der Waals surface area contributed by atoms with E-state index in [1.807, 2.05) is 18.2 Å². The molecule has 0 radical (unpaired) electrons. The standard InChI is InChI=1S/C26H29N3O6S/c1-17-19(9-7-11-21(17)29-36(4,32)33)26(31)28-22-10-6-5-8-20(22)25(30)27-15-14-18-12-13-23(34-2)24(16-18)35-3/h5-13,16,29H,14-15H2,1-4H3,(H,27,30)(H,28,31). The van der Waals surface area contributed by atoms with Crippen molar-refractivity contribution in [2.45, 2.75) is 13.3 Å². The molecule has 10 heteroatoms. The highest BCUT2D eigenvalue weighted by Gasteiger charge is 2.17. The van der Waals surface area contributed by atoms with Crippen molar-refractivity contribution in [2.24, 2.45) is 0 Å². The Morgan fingerprint density at radius 1 is 0.833 bits per heavy atom. The summed E-state index contributed by atoms with van der Waals surface area (Å²) >= 11 is 0. The Morgan fingerprint density at radius 3 is 2.19 bits per heavy atom. The maximum Gasteiger partial charge on any atom is 0.256 e. The van der Waals surface area contributed by atoms with Crippen LogP contribution >= 0.6 is 0 Å². The van der Waals surface area contributed by atoms with Crippen LogP contribution in [0.1, 0.15) is 31.8 Å². The van der Waals surface area contributed by atoms with Crippen molar-refractivity contribution in [3.05, 3.63) is 82.9 Å². The molecule has 0 aliphatic heterocycles. The van der Waals surface area contributed by atoms with Crippen LogP contribution in [0.15, 0.2) is 60.7 Å². The minimum Gasteiger partial charge on any atom is -0.493 e. The van der Waals surface area contributed by atoms with E-state index in [9.17, 15) is 18.0 Å². The average Bonchev–Trinajstić information content (AvgIpc) is 2.84. The molecule has 3 aromatic carbocycles. The largest absolute Gasteiger partial charge is 0.493 e. The molecule has 36 heavy (non-hydrogen) atoms. The van der Waals surface area contributed by atoms with E-state index >= 15 is 0 Å². The van der Waals surface area contributed by atoms with Crippen molar-refractivity contribution in [3.63, 3.8) is 0 Å². The fraction of sp³-hybridized carbons (Fsp3) is 0.231. The smallest absolute Gasteiger partial charge is 0.256 e. The molecule has 3 N–H and O–H groups in total. The summed E-state index contributed by atoms with van der Waals surface area (Å²) in [7, 11) is -0.371. The normalized spacial score (nSPS) is 10.9. The molecule has 0 fully saturated rings. The molecule has 9 nitrogen and oxygen atoms in total. The van der Waals surface area contributed by atoms with Gasteiger partial charge in [-0.2, -0.15) is 0 Å². The lowest BCUT2D eigenvalue weighted by atomic mass is 10.1.